The van der Waals surface area contributed by atoms with Crippen molar-refractivity contribution in [1.29, 1.82) is 0 Å². The molecule has 22 nitrogen and oxygen atoms in total. The minimum absolute atomic E-state index is 0.106. The second-order valence-corrected chi connectivity index (χ2v) is 28.1. The fraction of sp³-hybridized carbons (Fsp3) is 0.611. The highest BCUT2D eigenvalue weighted by Gasteiger charge is 2.43. The fourth-order valence-electron chi connectivity index (χ4n) is 13.0. The first-order valence-corrected chi connectivity index (χ1v) is 34.1. The van der Waals surface area contributed by atoms with Gasteiger partial charge in [-0.05, 0) is 167 Å². The van der Waals surface area contributed by atoms with Gasteiger partial charge in [0, 0.05) is 76.6 Å². The maximum absolute atomic E-state index is 14.8. The zero-order valence-electron chi connectivity index (χ0n) is 57.3. The number of hydrogen-bond acceptors (Lipinski definition) is 12. The van der Waals surface area contributed by atoms with Crippen LogP contribution < -0.4 is 21.3 Å². The molecule has 2 heterocycles. The molecule has 94 heavy (non-hydrogen) atoms. The molecule has 4 fully saturated rings. The van der Waals surface area contributed by atoms with Crippen molar-refractivity contribution in [2.24, 2.45) is 11.8 Å². The number of carbonyl (C=O) groups is 10. The molecule has 4 N–H and O–H groups in total. The summed E-state index contributed by atoms with van der Waals surface area (Å²) < 4.78 is 11.1. The monoisotopic (exact) mass is 1300 g/mol. The number of nitrogens with zero attached hydrogens (tertiary/aromatic N) is 6. The number of benzene rings is 3. The standard InChI is InChI=1S/C72H104N10O12/c1-49(77(9)69(91)93-71(3,4)5)63(85)75-61(53-29-19-13-20-30-53)67(89)81-41-23-33-57(81)47-79(43-39-51-25-15-11-16-26-51)59(83)45-73-65(87)55-35-37-56(38-36-55)66(88)74-46-60(84)80(44-40-52-27-17-12-18-28-52)48-58-34-24-42-82(58)68(90)62(54-31-21-14-22-32-54)76-64(86)50(2)78(10)70(92)94-72(6,7)8/h11-12,15-18,25-28,35-38,49-50,53-54,57-58,61-62H,13-14,19-24,29-34,39-48H2,1-10H3,(H,73,87)(H,74,88)(H,75,85)(H,76,86)/t49-,50-,57-,58-,61-,62-/m0/s1. The summed E-state index contributed by atoms with van der Waals surface area (Å²) in [5.74, 6) is -3.37. The van der Waals surface area contributed by atoms with E-state index in [-0.39, 0.29) is 84.9 Å². The van der Waals surface area contributed by atoms with E-state index in [2.05, 4.69) is 21.3 Å². The van der Waals surface area contributed by atoms with E-state index in [9.17, 15) is 47.9 Å². The molecule has 0 unspecified atom stereocenters. The van der Waals surface area contributed by atoms with Crippen LogP contribution in [0.25, 0.3) is 0 Å². The molecule has 3 aromatic carbocycles. The van der Waals surface area contributed by atoms with E-state index in [1.807, 2.05) is 60.7 Å². The van der Waals surface area contributed by atoms with Gasteiger partial charge in [-0.1, -0.05) is 99.2 Å². The van der Waals surface area contributed by atoms with Gasteiger partial charge >= 0.3 is 12.2 Å². The quantitative estimate of drug-likeness (QED) is 0.0598. The van der Waals surface area contributed by atoms with Gasteiger partial charge in [-0.2, -0.15) is 0 Å². The molecule has 4 aliphatic rings. The van der Waals surface area contributed by atoms with Crippen molar-refractivity contribution in [3.63, 3.8) is 0 Å². The van der Waals surface area contributed by atoms with Gasteiger partial charge in [-0.25, -0.2) is 9.59 Å². The Kier molecular flexibility index (Phi) is 26.8. The molecule has 2 aliphatic heterocycles. The lowest BCUT2D eigenvalue weighted by molar-refractivity contribution is -0.141. The lowest BCUT2D eigenvalue weighted by atomic mass is 9.83. The zero-order chi connectivity index (χ0) is 68.3. The van der Waals surface area contributed by atoms with Crippen molar-refractivity contribution >= 4 is 59.4 Å². The van der Waals surface area contributed by atoms with Gasteiger partial charge in [0.15, 0.2) is 0 Å². The van der Waals surface area contributed by atoms with Crippen molar-refractivity contribution in [2.75, 3.05) is 66.5 Å². The van der Waals surface area contributed by atoms with Crippen LogP contribution in [-0.4, -0.2) is 203 Å². The SMILES string of the molecule is C[C@@H](C(=O)N[C@H](C(=O)N1CCC[C@H]1CN(CCc1ccccc1)C(=O)CNC(=O)c1ccc(C(=O)NCC(=O)N(CCc2ccccc2)C[C@@H]2CCCN2C(=O)[C@@H](NC(=O)[C@H](C)N(C)C(=O)OC(C)(C)C)C2CCCCC2)cc1)C1CCCCC1)N(C)C(=O)OC(C)(C)C. The number of ether oxygens (including phenoxy) is 2. The van der Waals surface area contributed by atoms with Gasteiger partial charge in [-0.3, -0.25) is 48.2 Å². The lowest BCUT2D eigenvalue weighted by Gasteiger charge is -2.37. The molecule has 2 aliphatic carbocycles. The molecule has 10 amide bonds. The number of rotatable bonds is 26. The van der Waals surface area contributed by atoms with Gasteiger partial charge in [0.05, 0.1) is 13.1 Å². The third kappa shape index (κ3) is 21.5. The summed E-state index contributed by atoms with van der Waals surface area (Å²) in [5.41, 5.74) is 0.876. The highest BCUT2D eigenvalue weighted by Crippen LogP contribution is 2.32. The number of hydrogen-bond donors (Lipinski definition) is 4. The van der Waals surface area contributed by atoms with Crippen molar-refractivity contribution in [1.82, 2.24) is 50.7 Å². The first-order chi connectivity index (χ1) is 44.7. The van der Waals surface area contributed by atoms with Crippen molar-refractivity contribution in [3.05, 3.63) is 107 Å². The van der Waals surface area contributed by atoms with E-state index in [1.54, 1.807) is 75.0 Å². The van der Waals surface area contributed by atoms with E-state index in [1.165, 1.54) is 48.2 Å². The molecule has 0 bridgehead atoms. The zero-order valence-corrected chi connectivity index (χ0v) is 57.3. The third-order valence-electron chi connectivity index (χ3n) is 18.8. The van der Waals surface area contributed by atoms with Gasteiger partial charge in [0.25, 0.3) is 11.8 Å². The topological polar surface area (TPSA) is 257 Å². The van der Waals surface area contributed by atoms with Crippen LogP contribution in [0.2, 0.25) is 0 Å². The average Bonchev–Trinajstić information content (AvgIpc) is 1.50. The maximum Gasteiger partial charge on any atom is 0.410 e. The summed E-state index contributed by atoms with van der Waals surface area (Å²) in [6.45, 7) is 14.9. The van der Waals surface area contributed by atoms with Crippen LogP contribution in [-0.2, 0) is 51.1 Å². The first-order valence-electron chi connectivity index (χ1n) is 34.1. The van der Waals surface area contributed by atoms with Gasteiger partial charge in [0.1, 0.15) is 35.4 Å². The fourth-order valence-corrected chi connectivity index (χ4v) is 13.0. The summed E-state index contributed by atoms with van der Waals surface area (Å²) in [6, 6.07) is 21.1. The Morgan fingerprint density at radius 1 is 0.479 bits per heavy atom. The molecule has 0 spiro atoms. The Morgan fingerprint density at radius 2 is 0.819 bits per heavy atom. The van der Waals surface area contributed by atoms with Crippen LogP contribution in [0.15, 0.2) is 84.9 Å². The summed E-state index contributed by atoms with van der Waals surface area (Å²) in [6.07, 6.45) is 11.2. The highest BCUT2D eigenvalue weighted by molar-refractivity contribution is 6.00. The van der Waals surface area contributed by atoms with Crippen LogP contribution in [0, 0.1) is 11.8 Å². The Bertz CT molecular complexity index is 2850. The van der Waals surface area contributed by atoms with Crippen LogP contribution in [0.3, 0.4) is 0 Å². The molecule has 3 aromatic rings. The smallest absolute Gasteiger partial charge is 0.410 e. The van der Waals surface area contributed by atoms with E-state index >= 15 is 0 Å². The molecule has 2 saturated heterocycles. The average molecular weight is 1300 g/mol. The number of amides is 10. The molecule has 2 saturated carbocycles. The van der Waals surface area contributed by atoms with E-state index in [0.29, 0.717) is 64.7 Å². The van der Waals surface area contributed by atoms with E-state index in [0.717, 1.165) is 75.3 Å². The molecule has 22 heteroatoms. The molecule has 0 aromatic heterocycles. The minimum atomic E-state index is -0.921. The number of carbonyl (C=O) groups excluding carboxylic acids is 10. The van der Waals surface area contributed by atoms with Gasteiger partial charge in [-0.15, -0.1) is 0 Å². The number of nitrogens with one attached hydrogen (secondary N) is 4. The minimum Gasteiger partial charge on any atom is -0.444 e. The van der Waals surface area contributed by atoms with Crippen LogP contribution in [0.5, 0.6) is 0 Å². The van der Waals surface area contributed by atoms with Crippen LogP contribution >= 0.6 is 0 Å². The predicted octanol–water partition coefficient (Wildman–Crippen LogP) is 7.91. The van der Waals surface area contributed by atoms with Crippen molar-refractivity contribution < 1.29 is 57.4 Å². The largest absolute Gasteiger partial charge is 0.444 e. The van der Waals surface area contributed by atoms with E-state index in [4.69, 9.17) is 9.47 Å². The first kappa shape index (κ1) is 73.4. The summed E-state index contributed by atoms with van der Waals surface area (Å²) in [7, 11) is 3.00. The lowest BCUT2D eigenvalue weighted by Crippen LogP contribution is -2.58. The Labute approximate surface area is 556 Å². The van der Waals surface area contributed by atoms with Crippen LogP contribution in [0.4, 0.5) is 9.59 Å². The summed E-state index contributed by atoms with van der Waals surface area (Å²) in [5, 5.41) is 11.6. The Hall–Kier alpha value is -8.04. The Morgan fingerprint density at radius 3 is 1.15 bits per heavy atom. The predicted molar refractivity (Wildman–Crippen MR) is 358 cm³/mol. The second kappa shape index (κ2) is 34.4. The highest BCUT2D eigenvalue weighted by atomic mass is 16.6. The van der Waals surface area contributed by atoms with Crippen LogP contribution in [0.1, 0.15) is 177 Å². The van der Waals surface area contributed by atoms with Gasteiger partial charge in [0.2, 0.25) is 35.4 Å². The molecular formula is C72H104N10O12. The maximum atomic E-state index is 14.8. The van der Waals surface area contributed by atoms with Crippen molar-refractivity contribution in [2.45, 2.75) is 206 Å². The molecule has 514 valence electrons. The molecular weight excluding hydrogens is 1200 g/mol. The normalized spacial score (nSPS) is 18.3. The van der Waals surface area contributed by atoms with E-state index < -0.39 is 71.2 Å². The Balaban J connectivity index is 0.975. The van der Waals surface area contributed by atoms with Crippen molar-refractivity contribution in [3.8, 4) is 0 Å². The molecule has 0 radical (unpaired) electrons. The number of likely N-dealkylation sites (tertiary alicyclic amines) is 2. The van der Waals surface area contributed by atoms with Gasteiger partial charge < -0.3 is 50.3 Å². The number of likely N-dealkylation sites (N-methyl/N-ethyl adjacent to an activating group) is 2. The molecule has 7 rings (SSSR count). The summed E-state index contributed by atoms with van der Waals surface area (Å²) >= 11 is 0. The summed E-state index contributed by atoms with van der Waals surface area (Å²) in [4.78, 5) is 149. The molecule has 6 atom stereocenters. The third-order valence-corrected chi connectivity index (χ3v) is 18.8. The second-order valence-electron chi connectivity index (χ2n) is 28.1.